The maximum atomic E-state index is 12.9. The quantitative estimate of drug-likeness (QED) is 0.323. The van der Waals surface area contributed by atoms with Crippen LogP contribution in [0.2, 0.25) is 0 Å². The van der Waals surface area contributed by atoms with Gasteiger partial charge in [-0.15, -0.1) is 0 Å². The highest BCUT2D eigenvalue weighted by Crippen LogP contribution is 2.32. The highest BCUT2D eigenvalue weighted by molar-refractivity contribution is 6.05. The van der Waals surface area contributed by atoms with Gasteiger partial charge in [-0.05, 0) is 44.7 Å². The van der Waals surface area contributed by atoms with Crippen molar-refractivity contribution in [2.75, 3.05) is 23.4 Å². The molecule has 3 aromatic rings. The molecule has 0 bridgehead atoms. The third kappa shape index (κ3) is 6.85. The fourth-order valence-corrected chi connectivity index (χ4v) is 3.51. The maximum absolute atomic E-state index is 12.9. The lowest BCUT2D eigenvalue weighted by molar-refractivity contribution is -0.115. The molecule has 0 radical (unpaired) electrons. The van der Waals surface area contributed by atoms with E-state index in [1.165, 1.54) is 23.4 Å². The second-order valence-electron chi connectivity index (χ2n) is 9.05. The van der Waals surface area contributed by atoms with Gasteiger partial charge in [0, 0.05) is 37.5 Å². The molecule has 1 atom stereocenters. The van der Waals surface area contributed by atoms with Gasteiger partial charge in [0.05, 0.1) is 24.7 Å². The fourth-order valence-electron chi connectivity index (χ4n) is 3.51. The van der Waals surface area contributed by atoms with Crippen molar-refractivity contribution in [3.63, 3.8) is 0 Å². The number of allylic oxidation sites excluding steroid dienone is 1. The van der Waals surface area contributed by atoms with Crippen LogP contribution in [-0.2, 0) is 11.8 Å². The second-order valence-corrected chi connectivity index (χ2v) is 9.05. The Hall–Kier alpha value is -4.45. The summed E-state index contributed by atoms with van der Waals surface area (Å²) in [6.45, 7) is 3.70. The Balaban J connectivity index is 1.55. The summed E-state index contributed by atoms with van der Waals surface area (Å²) in [5.74, 6) is 1.16. The summed E-state index contributed by atoms with van der Waals surface area (Å²) in [6, 6.07) is 6.32. The Morgan fingerprint density at radius 1 is 1.26 bits per heavy atom. The molecule has 2 amide bonds. The van der Waals surface area contributed by atoms with Gasteiger partial charge in [0.25, 0.3) is 11.8 Å². The summed E-state index contributed by atoms with van der Waals surface area (Å²) in [6.07, 6.45) is 7.71. The van der Waals surface area contributed by atoms with E-state index in [0.29, 0.717) is 29.8 Å². The number of carbonyl (C=O) groups excluding carboxylic acids is 2. The van der Waals surface area contributed by atoms with Crippen molar-refractivity contribution < 1.29 is 24.2 Å². The van der Waals surface area contributed by atoms with Gasteiger partial charge in [-0.2, -0.15) is 5.10 Å². The zero-order valence-electron chi connectivity index (χ0n) is 21.5. The number of aromatic nitrogens is 4. The van der Waals surface area contributed by atoms with E-state index in [2.05, 4.69) is 20.4 Å². The first-order valence-electron chi connectivity index (χ1n) is 12.2. The van der Waals surface area contributed by atoms with Crippen LogP contribution < -0.4 is 25.4 Å². The molecule has 0 aliphatic heterocycles. The molecule has 0 spiro atoms. The number of anilines is 2. The smallest absolute Gasteiger partial charge is 0.274 e. The van der Waals surface area contributed by atoms with Gasteiger partial charge >= 0.3 is 0 Å². The lowest BCUT2D eigenvalue weighted by Gasteiger charge is -2.21. The van der Waals surface area contributed by atoms with Gasteiger partial charge < -0.3 is 25.6 Å². The molecule has 1 aliphatic carbocycles. The number of carbonyl (C=O) groups is 2. The van der Waals surface area contributed by atoms with Crippen LogP contribution in [0.15, 0.2) is 54.6 Å². The minimum absolute atomic E-state index is 0.137. The highest BCUT2D eigenvalue weighted by atomic mass is 16.5. The molecule has 1 saturated carbocycles. The third-order valence-electron chi connectivity index (χ3n) is 5.75. The summed E-state index contributed by atoms with van der Waals surface area (Å²) in [5, 5.41) is 16.3. The lowest BCUT2D eigenvalue weighted by atomic mass is 10.2. The first-order chi connectivity index (χ1) is 18.2. The molecule has 2 heterocycles. The van der Waals surface area contributed by atoms with Crippen molar-refractivity contribution in [1.82, 2.24) is 19.7 Å². The van der Waals surface area contributed by atoms with Crippen molar-refractivity contribution in [3.8, 4) is 17.4 Å². The van der Waals surface area contributed by atoms with E-state index in [1.807, 2.05) is 0 Å². The average molecular weight is 522 g/mol. The number of aliphatic hydroxyl groups is 1. The van der Waals surface area contributed by atoms with Crippen LogP contribution in [0.25, 0.3) is 0 Å². The molecule has 12 nitrogen and oxygen atoms in total. The minimum Gasteiger partial charge on any atom is -0.488 e. The number of amides is 2. The Bertz CT molecular complexity index is 1320. The Kier molecular flexibility index (Phi) is 8.22. The van der Waals surface area contributed by atoms with Gasteiger partial charge in [0.1, 0.15) is 17.6 Å². The predicted octanol–water partition coefficient (Wildman–Crippen LogP) is 2.62. The summed E-state index contributed by atoms with van der Waals surface area (Å²) in [7, 11) is 1.75. The number of aliphatic hydroxyl groups excluding tert-OH is 1. The molecule has 200 valence electrons. The number of hydrogen-bond donors (Lipinski definition) is 3. The minimum atomic E-state index is -0.504. The summed E-state index contributed by atoms with van der Waals surface area (Å²) < 4.78 is 13.2. The molecule has 4 N–H and O–H groups in total. The number of ether oxygens (including phenoxy) is 2. The van der Waals surface area contributed by atoms with E-state index in [-0.39, 0.29) is 35.4 Å². The van der Waals surface area contributed by atoms with Crippen LogP contribution in [0.5, 0.6) is 17.4 Å². The molecular weight excluding hydrogens is 490 g/mol. The topological polar surface area (TPSA) is 158 Å². The summed E-state index contributed by atoms with van der Waals surface area (Å²) >= 11 is 0. The van der Waals surface area contributed by atoms with Crippen LogP contribution in [0.1, 0.15) is 37.0 Å². The van der Waals surface area contributed by atoms with Crippen molar-refractivity contribution >= 4 is 23.5 Å². The Morgan fingerprint density at radius 2 is 2.03 bits per heavy atom. The fraction of sp³-hybridized carbons (Fsp3) is 0.346. The van der Waals surface area contributed by atoms with E-state index in [9.17, 15) is 14.7 Å². The lowest BCUT2D eigenvalue weighted by Crippen LogP contribution is -2.36. The van der Waals surface area contributed by atoms with Crippen LogP contribution in [-0.4, -0.2) is 55.9 Å². The van der Waals surface area contributed by atoms with Crippen LogP contribution >= 0.6 is 0 Å². The van der Waals surface area contributed by atoms with Crippen LogP contribution in [0.3, 0.4) is 0 Å². The van der Waals surface area contributed by atoms with E-state index in [0.717, 1.165) is 12.8 Å². The molecule has 1 aromatic carbocycles. The number of nitrogens with zero attached hydrogens (tertiary/aromatic N) is 5. The standard InChI is InChI=1S/C26H31N7O5/c1-4-21(27)26(36)33(14-17-5-6-17)23-12-29-24(13-28-23)38-20-10-18(9-19(11-20)37-16(2)15-34)25(35)30-22-7-8-32(3)31-22/h4,7-13,16-17,34H,5-6,14-15,27H2,1-3H3,(H,30,31,35)/b21-4-/t16-/m0/s1. The maximum Gasteiger partial charge on any atom is 0.274 e. The molecule has 0 unspecified atom stereocenters. The molecule has 0 saturated heterocycles. The monoisotopic (exact) mass is 521 g/mol. The first kappa shape index (κ1) is 26.6. The molecule has 1 aliphatic rings. The van der Waals surface area contributed by atoms with Crippen LogP contribution in [0.4, 0.5) is 11.6 Å². The van der Waals surface area contributed by atoms with Crippen molar-refractivity contribution in [3.05, 3.63) is 60.2 Å². The normalized spacial score (nSPS) is 14.1. The van der Waals surface area contributed by atoms with E-state index in [4.69, 9.17) is 15.2 Å². The number of hydrogen-bond acceptors (Lipinski definition) is 9. The molecule has 1 fully saturated rings. The largest absolute Gasteiger partial charge is 0.488 e. The molecule has 2 aromatic heterocycles. The van der Waals surface area contributed by atoms with Gasteiger partial charge in [-0.3, -0.25) is 19.2 Å². The second kappa shape index (κ2) is 11.7. The molecule has 12 heteroatoms. The highest BCUT2D eigenvalue weighted by Gasteiger charge is 2.29. The number of nitrogens with two attached hydrogens (primary N) is 1. The Labute approximate surface area is 220 Å². The molecule has 4 rings (SSSR count). The van der Waals surface area contributed by atoms with Crippen molar-refractivity contribution in [1.29, 1.82) is 0 Å². The van der Waals surface area contributed by atoms with Gasteiger partial charge in [-0.25, -0.2) is 9.97 Å². The molecular formula is C26H31N7O5. The third-order valence-corrected chi connectivity index (χ3v) is 5.75. The molecule has 38 heavy (non-hydrogen) atoms. The van der Waals surface area contributed by atoms with E-state index < -0.39 is 12.0 Å². The van der Waals surface area contributed by atoms with Gasteiger partial charge in [-0.1, -0.05) is 6.08 Å². The van der Waals surface area contributed by atoms with E-state index >= 15 is 0 Å². The average Bonchev–Trinajstić information content (AvgIpc) is 3.65. The predicted molar refractivity (Wildman–Crippen MR) is 140 cm³/mol. The van der Waals surface area contributed by atoms with Gasteiger partial charge in [0.2, 0.25) is 5.88 Å². The van der Waals surface area contributed by atoms with E-state index in [1.54, 1.807) is 56.0 Å². The number of aryl methyl sites for hydroxylation is 1. The summed E-state index contributed by atoms with van der Waals surface area (Å²) in [5.41, 5.74) is 6.25. The number of nitrogens with one attached hydrogen (secondary N) is 1. The first-order valence-corrected chi connectivity index (χ1v) is 12.2. The van der Waals surface area contributed by atoms with Gasteiger partial charge in [0.15, 0.2) is 11.6 Å². The van der Waals surface area contributed by atoms with Crippen LogP contribution in [0, 0.1) is 5.92 Å². The zero-order valence-corrected chi connectivity index (χ0v) is 21.5. The number of rotatable bonds is 11. The zero-order chi connectivity index (χ0) is 27.2. The van der Waals surface area contributed by atoms with Crippen molar-refractivity contribution in [2.24, 2.45) is 18.7 Å². The Morgan fingerprint density at radius 3 is 2.63 bits per heavy atom. The SMILES string of the molecule is C/C=C(\N)C(=O)N(CC1CC1)c1cnc(Oc2cc(O[C@@H](C)CO)cc(C(=O)Nc3ccn(C)n3)c2)cn1. The van der Waals surface area contributed by atoms with Crippen molar-refractivity contribution in [2.45, 2.75) is 32.8 Å². The number of benzene rings is 1. The summed E-state index contributed by atoms with van der Waals surface area (Å²) in [4.78, 5) is 35.9.